The molecule has 22 heteroatoms. The quantitative estimate of drug-likeness (QED) is 0.166. The van der Waals surface area contributed by atoms with Crippen LogP contribution >= 0.6 is 23.5 Å². The van der Waals surface area contributed by atoms with E-state index in [4.69, 9.17) is 9.88 Å². The second-order valence-electron chi connectivity index (χ2n) is 9.90. The Morgan fingerprint density at radius 1 is 1.22 bits per heavy atom. The fourth-order valence-electron chi connectivity index (χ4n) is 3.63. The number of ether oxygens (including phenoxy) is 1. The van der Waals surface area contributed by atoms with Crippen LogP contribution in [-0.4, -0.2) is 112 Å². The molecule has 1 aromatic heterocycles. The maximum absolute atomic E-state index is 13.2. The Morgan fingerprint density at radius 3 is 2.46 bits per heavy atom. The molecule has 0 spiro atoms. The summed E-state index contributed by atoms with van der Waals surface area (Å²) >= 11 is 2.17. The molecule has 2 aliphatic heterocycles. The van der Waals surface area contributed by atoms with Crippen LogP contribution in [0.2, 0.25) is 0 Å². The van der Waals surface area contributed by atoms with Gasteiger partial charge in [-0.15, -0.1) is 16.9 Å². The minimum atomic E-state index is -5.03. The first-order valence-electron chi connectivity index (χ1n) is 11.5. The predicted molar refractivity (Wildman–Crippen MR) is 139 cm³/mol. The molecule has 3 rings (SSSR count). The normalized spacial score (nSPS) is 20.0. The lowest BCUT2D eigenvalue weighted by Crippen LogP contribution is -2.71. The number of halogens is 3. The van der Waals surface area contributed by atoms with Crippen molar-refractivity contribution in [2.75, 3.05) is 28.8 Å². The number of nitrogens with two attached hydrogens (primary N) is 1. The molecule has 2 amide bonds. The minimum Gasteiger partial charge on any atom is -0.455 e. The SMILES string of the molecule is CC(C)(C)OC(=O)C1=C(CSc2nnnn2CCS(N)(=O)=O)CSC2C(NC(=O)CS(=O)(=O)CC(F)(F)F)C(=O)N12. The van der Waals surface area contributed by atoms with Gasteiger partial charge in [-0.3, -0.25) is 14.5 Å². The number of primary sulfonamides is 1. The van der Waals surface area contributed by atoms with Gasteiger partial charge in [-0.25, -0.2) is 31.5 Å². The van der Waals surface area contributed by atoms with Crippen LogP contribution < -0.4 is 10.5 Å². The highest BCUT2D eigenvalue weighted by Crippen LogP contribution is 2.42. The predicted octanol–water partition coefficient (Wildman–Crippen LogP) is -0.973. The Hall–Kier alpha value is -2.43. The number of thioether (sulfide) groups is 2. The highest BCUT2D eigenvalue weighted by atomic mass is 32.2. The van der Waals surface area contributed by atoms with Gasteiger partial charge in [-0.2, -0.15) is 13.2 Å². The second kappa shape index (κ2) is 12.1. The summed E-state index contributed by atoms with van der Waals surface area (Å²) in [6.07, 6.45) is -5.03. The lowest BCUT2D eigenvalue weighted by Gasteiger charge is -2.50. The molecule has 3 heterocycles. The number of hydrogen-bond donors (Lipinski definition) is 2. The summed E-state index contributed by atoms with van der Waals surface area (Å²) in [7, 11) is -8.62. The van der Waals surface area contributed by atoms with Gasteiger partial charge < -0.3 is 10.1 Å². The standard InChI is InChI=1S/C19H26F3N7O8S4/c1-18(2,3)37-16(32)13-10(7-39-17-25-26-27-28(17)4-5-41(23,35)36)6-38-15-12(14(31)29(13)15)24-11(30)8-40(33,34)9-19(20,21)22/h12,15H,4-9H2,1-3H3,(H,24,30)(H2,23,35,36). The summed E-state index contributed by atoms with van der Waals surface area (Å²) in [5, 5.41) is 17.6. The molecule has 1 fully saturated rings. The third-order valence-electron chi connectivity index (χ3n) is 5.15. The molecule has 0 aliphatic carbocycles. The molecule has 0 saturated carbocycles. The van der Waals surface area contributed by atoms with E-state index in [1.54, 1.807) is 20.8 Å². The molecular weight excluding hydrogens is 640 g/mol. The number of esters is 1. The van der Waals surface area contributed by atoms with E-state index in [1.807, 2.05) is 0 Å². The molecule has 41 heavy (non-hydrogen) atoms. The Labute approximate surface area is 241 Å². The molecule has 15 nitrogen and oxygen atoms in total. The molecule has 1 aromatic rings. The Kier molecular flexibility index (Phi) is 9.72. The number of carbonyl (C=O) groups excluding carboxylic acids is 3. The zero-order valence-corrected chi connectivity index (χ0v) is 25.0. The molecule has 2 atom stereocenters. The van der Waals surface area contributed by atoms with Gasteiger partial charge in [0.2, 0.25) is 21.1 Å². The molecule has 2 unspecified atom stereocenters. The lowest BCUT2D eigenvalue weighted by atomic mass is 10.0. The number of carbonyl (C=O) groups is 3. The van der Waals surface area contributed by atoms with Crippen molar-refractivity contribution in [1.82, 2.24) is 30.4 Å². The first-order chi connectivity index (χ1) is 18.7. The number of aryl methyl sites for hydroxylation is 1. The maximum Gasteiger partial charge on any atom is 0.402 e. The van der Waals surface area contributed by atoms with Crippen LogP contribution in [0.1, 0.15) is 20.8 Å². The Morgan fingerprint density at radius 2 is 1.88 bits per heavy atom. The number of nitrogens with zero attached hydrogens (tertiary/aromatic N) is 5. The van der Waals surface area contributed by atoms with Crippen molar-refractivity contribution in [3.8, 4) is 0 Å². The van der Waals surface area contributed by atoms with Gasteiger partial charge in [-0.05, 0) is 36.8 Å². The zero-order valence-electron chi connectivity index (χ0n) is 21.7. The Bertz CT molecular complexity index is 1460. The van der Waals surface area contributed by atoms with E-state index in [0.717, 1.165) is 28.4 Å². The largest absolute Gasteiger partial charge is 0.455 e. The summed E-state index contributed by atoms with van der Waals surface area (Å²) in [5.41, 5.74) is -0.633. The van der Waals surface area contributed by atoms with Crippen molar-refractivity contribution in [3.05, 3.63) is 11.3 Å². The van der Waals surface area contributed by atoms with Gasteiger partial charge in [-0.1, -0.05) is 11.8 Å². The average molecular weight is 666 g/mol. The summed E-state index contributed by atoms with van der Waals surface area (Å²) in [6.45, 7) is 4.69. The van der Waals surface area contributed by atoms with Crippen LogP contribution in [0.25, 0.3) is 0 Å². The highest BCUT2D eigenvalue weighted by Gasteiger charge is 2.55. The molecular formula is C19H26F3N7O8S4. The average Bonchev–Trinajstić information content (AvgIpc) is 3.23. The number of nitrogens with one attached hydrogen (secondary N) is 1. The monoisotopic (exact) mass is 665 g/mol. The van der Waals surface area contributed by atoms with E-state index in [9.17, 15) is 44.4 Å². The number of rotatable bonds is 11. The minimum absolute atomic E-state index is 0.0700. The summed E-state index contributed by atoms with van der Waals surface area (Å²) in [6, 6.07) is -1.29. The Balaban J connectivity index is 1.78. The first-order valence-corrected chi connectivity index (χ1v) is 17.1. The third-order valence-corrected chi connectivity index (χ3v) is 9.76. The van der Waals surface area contributed by atoms with Crippen LogP contribution in [0.3, 0.4) is 0 Å². The summed E-state index contributed by atoms with van der Waals surface area (Å²) in [4.78, 5) is 39.5. The van der Waals surface area contributed by atoms with E-state index in [2.05, 4.69) is 20.8 Å². The molecule has 0 bridgehead atoms. The zero-order chi connectivity index (χ0) is 31.0. The van der Waals surface area contributed by atoms with Crippen LogP contribution in [0.5, 0.6) is 0 Å². The fraction of sp³-hybridized carbons (Fsp3) is 0.684. The number of tetrazole rings is 1. The van der Waals surface area contributed by atoms with Gasteiger partial charge in [0.15, 0.2) is 9.84 Å². The van der Waals surface area contributed by atoms with E-state index in [1.165, 1.54) is 4.68 Å². The number of fused-ring (bicyclic) bond motifs is 1. The third kappa shape index (κ3) is 9.28. The number of alkyl halides is 3. The van der Waals surface area contributed by atoms with Gasteiger partial charge in [0.25, 0.3) is 5.91 Å². The van der Waals surface area contributed by atoms with Crippen molar-refractivity contribution in [3.63, 3.8) is 0 Å². The van der Waals surface area contributed by atoms with Crippen molar-refractivity contribution in [1.29, 1.82) is 0 Å². The number of aromatic nitrogens is 4. The van der Waals surface area contributed by atoms with Crippen LogP contribution in [0, 0.1) is 0 Å². The van der Waals surface area contributed by atoms with Crippen molar-refractivity contribution in [2.45, 2.75) is 55.7 Å². The maximum atomic E-state index is 13.2. The van der Waals surface area contributed by atoms with E-state index >= 15 is 0 Å². The first kappa shape index (κ1) is 33.1. The number of sulfone groups is 1. The van der Waals surface area contributed by atoms with Crippen molar-refractivity contribution >= 4 is 61.2 Å². The van der Waals surface area contributed by atoms with Crippen LogP contribution in [0.15, 0.2) is 16.4 Å². The van der Waals surface area contributed by atoms with E-state index in [-0.39, 0.29) is 28.9 Å². The van der Waals surface area contributed by atoms with E-state index in [0.29, 0.717) is 5.57 Å². The van der Waals surface area contributed by atoms with Gasteiger partial charge in [0.1, 0.15) is 34.2 Å². The van der Waals surface area contributed by atoms with Gasteiger partial charge >= 0.3 is 12.1 Å². The summed E-state index contributed by atoms with van der Waals surface area (Å²) in [5.74, 6) is -6.79. The molecule has 0 radical (unpaired) electrons. The van der Waals surface area contributed by atoms with E-state index < -0.39 is 78.1 Å². The molecule has 230 valence electrons. The molecule has 3 N–H and O–H groups in total. The van der Waals surface area contributed by atoms with Crippen LogP contribution in [0.4, 0.5) is 13.2 Å². The highest BCUT2D eigenvalue weighted by molar-refractivity contribution is 8.01. The van der Waals surface area contributed by atoms with Crippen LogP contribution in [-0.2, 0) is 45.5 Å². The number of sulfonamides is 1. The summed E-state index contributed by atoms with van der Waals surface area (Å²) < 4.78 is 90.1. The molecule has 1 saturated heterocycles. The second-order valence-corrected chi connectivity index (χ2v) is 15.7. The van der Waals surface area contributed by atoms with Gasteiger partial charge in [0.05, 0.1) is 12.3 Å². The van der Waals surface area contributed by atoms with Crippen molar-refractivity contribution in [2.24, 2.45) is 5.14 Å². The molecule has 0 aromatic carbocycles. The number of β-lactam (4-membered cyclic amide) rings is 1. The fourth-order valence-corrected chi connectivity index (χ4v) is 7.53. The number of hydrogen-bond acceptors (Lipinski definition) is 13. The molecule has 2 aliphatic rings. The lowest BCUT2D eigenvalue weighted by molar-refractivity contribution is -0.158. The topological polar surface area (TPSA) is 214 Å². The number of amides is 2. The van der Waals surface area contributed by atoms with Gasteiger partial charge in [0, 0.05) is 11.5 Å². The van der Waals surface area contributed by atoms with Crippen molar-refractivity contribution < 1.29 is 49.1 Å². The smallest absolute Gasteiger partial charge is 0.402 e.